The minimum absolute atomic E-state index is 0.194. The highest BCUT2D eigenvalue weighted by molar-refractivity contribution is 5.88. The van der Waals surface area contributed by atoms with Gasteiger partial charge in [-0.2, -0.15) is 0 Å². The van der Waals surface area contributed by atoms with Crippen molar-refractivity contribution in [2.45, 2.75) is 6.42 Å². The van der Waals surface area contributed by atoms with Gasteiger partial charge < -0.3 is 9.67 Å². The minimum Gasteiger partial charge on any atom is -0.396 e. The number of aliphatic hydroxyl groups is 1. The van der Waals surface area contributed by atoms with Crippen LogP contribution in [0.2, 0.25) is 0 Å². The molecule has 0 atom stereocenters. The summed E-state index contributed by atoms with van der Waals surface area (Å²) in [5.41, 5.74) is 4.88. The number of aliphatic hydroxyl groups excluding tert-OH is 1. The Morgan fingerprint density at radius 1 is 1.00 bits per heavy atom. The fourth-order valence-electron chi connectivity index (χ4n) is 2.60. The highest BCUT2D eigenvalue weighted by Gasteiger charge is 2.07. The number of aryl methyl sites for hydroxylation is 1. The third kappa shape index (κ3) is 2.15. The second kappa shape index (κ2) is 4.90. The maximum atomic E-state index is 9.11. The first-order valence-electron chi connectivity index (χ1n) is 6.54. The van der Waals surface area contributed by atoms with Crippen molar-refractivity contribution in [2.24, 2.45) is 7.05 Å². The van der Waals surface area contributed by atoms with Crippen LogP contribution in [-0.2, 0) is 13.5 Å². The van der Waals surface area contributed by atoms with Gasteiger partial charge in [0.1, 0.15) is 0 Å². The summed E-state index contributed by atoms with van der Waals surface area (Å²) in [5.74, 6) is 0. The monoisotopic (exact) mass is 251 g/mol. The number of aromatic nitrogens is 1. The van der Waals surface area contributed by atoms with Crippen LogP contribution in [0.4, 0.5) is 0 Å². The average Bonchev–Trinajstić information content (AvgIpc) is 2.77. The zero-order valence-corrected chi connectivity index (χ0v) is 11.0. The van der Waals surface area contributed by atoms with E-state index in [-0.39, 0.29) is 6.61 Å². The van der Waals surface area contributed by atoms with Gasteiger partial charge in [0, 0.05) is 30.8 Å². The number of hydrogen-bond donors (Lipinski definition) is 1. The fraction of sp³-hybridized carbons (Fsp3) is 0.176. The maximum Gasteiger partial charge on any atom is 0.0486 e. The van der Waals surface area contributed by atoms with Crippen LogP contribution in [0.3, 0.4) is 0 Å². The summed E-state index contributed by atoms with van der Waals surface area (Å²) in [5, 5.41) is 10.3. The lowest BCUT2D eigenvalue weighted by Gasteiger charge is -2.03. The van der Waals surface area contributed by atoms with E-state index in [1.165, 1.54) is 27.6 Å². The van der Waals surface area contributed by atoms with Crippen molar-refractivity contribution < 1.29 is 5.11 Å². The Balaban J connectivity index is 2.14. The van der Waals surface area contributed by atoms with Crippen molar-refractivity contribution in [1.82, 2.24) is 4.57 Å². The van der Waals surface area contributed by atoms with E-state index in [4.69, 9.17) is 5.11 Å². The first kappa shape index (κ1) is 12.0. The molecule has 1 N–H and O–H groups in total. The lowest BCUT2D eigenvalue weighted by molar-refractivity contribution is 0.300. The lowest BCUT2D eigenvalue weighted by Crippen LogP contribution is -1.88. The summed E-state index contributed by atoms with van der Waals surface area (Å²) in [7, 11) is 2.05. The van der Waals surface area contributed by atoms with E-state index in [0.717, 1.165) is 0 Å². The van der Waals surface area contributed by atoms with Crippen LogP contribution in [0.15, 0.2) is 54.7 Å². The molecule has 2 heteroatoms. The molecule has 0 saturated carbocycles. The molecule has 1 heterocycles. The van der Waals surface area contributed by atoms with Crippen LogP contribution in [-0.4, -0.2) is 16.3 Å². The first-order valence-corrected chi connectivity index (χ1v) is 6.54. The second-order valence-electron chi connectivity index (χ2n) is 4.84. The number of benzene rings is 2. The highest BCUT2D eigenvalue weighted by Crippen LogP contribution is 2.27. The summed E-state index contributed by atoms with van der Waals surface area (Å²) >= 11 is 0. The molecule has 0 bridgehead atoms. The summed E-state index contributed by atoms with van der Waals surface area (Å²) < 4.78 is 2.13. The van der Waals surface area contributed by atoms with Crippen molar-refractivity contribution in [3.8, 4) is 11.1 Å². The van der Waals surface area contributed by atoms with Gasteiger partial charge in [0.05, 0.1) is 0 Å². The quantitative estimate of drug-likeness (QED) is 0.758. The molecule has 0 aliphatic carbocycles. The zero-order valence-electron chi connectivity index (χ0n) is 11.0. The fourth-order valence-corrected chi connectivity index (χ4v) is 2.60. The number of rotatable bonds is 3. The van der Waals surface area contributed by atoms with Crippen LogP contribution >= 0.6 is 0 Å². The van der Waals surface area contributed by atoms with E-state index in [9.17, 15) is 0 Å². The third-order valence-corrected chi connectivity index (χ3v) is 3.56. The Bertz CT molecular complexity index is 698. The lowest BCUT2D eigenvalue weighted by atomic mass is 10.0. The van der Waals surface area contributed by atoms with Crippen molar-refractivity contribution >= 4 is 10.9 Å². The van der Waals surface area contributed by atoms with Gasteiger partial charge in [0.15, 0.2) is 0 Å². The summed E-state index contributed by atoms with van der Waals surface area (Å²) in [6.45, 7) is 0.194. The van der Waals surface area contributed by atoms with Crippen LogP contribution < -0.4 is 0 Å². The van der Waals surface area contributed by atoms with Crippen LogP contribution in [0.1, 0.15) is 5.56 Å². The maximum absolute atomic E-state index is 9.11. The van der Waals surface area contributed by atoms with Crippen molar-refractivity contribution in [1.29, 1.82) is 0 Å². The molecule has 0 amide bonds. The third-order valence-electron chi connectivity index (χ3n) is 3.56. The number of fused-ring (bicyclic) bond motifs is 1. The predicted molar refractivity (Wildman–Crippen MR) is 79.1 cm³/mol. The molecule has 0 saturated heterocycles. The van der Waals surface area contributed by atoms with Gasteiger partial charge in [-0.05, 0) is 29.2 Å². The van der Waals surface area contributed by atoms with Crippen molar-refractivity contribution in [3.63, 3.8) is 0 Å². The predicted octanol–water partition coefficient (Wildman–Crippen LogP) is 3.38. The minimum atomic E-state index is 0.194. The van der Waals surface area contributed by atoms with Crippen molar-refractivity contribution in [2.75, 3.05) is 6.61 Å². The molecule has 3 rings (SSSR count). The van der Waals surface area contributed by atoms with Gasteiger partial charge in [0.25, 0.3) is 0 Å². The molecule has 96 valence electrons. The summed E-state index contributed by atoms with van der Waals surface area (Å²) in [4.78, 5) is 0. The van der Waals surface area contributed by atoms with Gasteiger partial charge in [-0.3, -0.25) is 0 Å². The molecule has 0 aliphatic rings. The van der Waals surface area contributed by atoms with Crippen LogP contribution in [0, 0.1) is 0 Å². The Labute approximate surface area is 112 Å². The summed E-state index contributed by atoms with van der Waals surface area (Å²) in [6.07, 6.45) is 2.82. The normalized spacial score (nSPS) is 11.1. The standard InChI is InChI=1S/C17H17NO/c1-18-12-15(9-10-19)16-8-7-14(11-17(16)18)13-5-3-2-4-6-13/h2-8,11-12,19H,9-10H2,1H3. The molecule has 19 heavy (non-hydrogen) atoms. The van der Waals surface area contributed by atoms with Gasteiger partial charge in [-0.25, -0.2) is 0 Å². The SMILES string of the molecule is Cn1cc(CCO)c2ccc(-c3ccccc3)cc21. The molecule has 1 aromatic heterocycles. The first-order chi connectivity index (χ1) is 9.29. The largest absolute Gasteiger partial charge is 0.396 e. The van der Waals surface area contributed by atoms with Gasteiger partial charge in [-0.1, -0.05) is 42.5 Å². The van der Waals surface area contributed by atoms with E-state index in [2.05, 4.69) is 60.3 Å². The molecule has 0 spiro atoms. The Morgan fingerprint density at radius 3 is 2.53 bits per heavy atom. The molecular formula is C17H17NO. The summed E-state index contributed by atoms with van der Waals surface area (Å²) in [6, 6.07) is 16.9. The van der Waals surface area contributed by atoms with E-state index in [1.807, 2.05) is 6.07 Å². The molecule has 0 radical (unpaired) electrons. The smallest absolute Gasteiger partial charge is 0.0486 e. The Hall–Kier alpha value is -2.06. The molecule has 3 aromatic rings. The molecule has 2 nitrogen and oxygen atoms in total. The Kier molecular flexibility index (Phi) is 3.10. The highest BCUT2D eigenvalue weighted by atomic mass is 16.2. The van der Waals surface area contributed by atoms with E-state index >= 15 is 0 Å². The van der Waals surface area contributed by atoms with E-state index < -0.39 is 0 Å². The van der Waals surface area contributed by atoms with E-state index in [0.29, 0.717) is 6.42 Å². The molecule has 0 aliphatic heterocycles. The van der Waals surface area contributed by atoms with Gasteiger partial charge in [0.2, 0.25) is 0 Å². The number of nitrogens with zero attached hydrogens (tertiary/aromatic N) is 1. The van der Waals surface area contributed by atoms with Crippen molar-refractivity contribution in [3.05, 3.63) is 60.3 Å². The number of hydrogen-bond acceptors (Lipinski definition) is 1. The molecular weight excluding hydrogens is 234 g/mol. The van der Waals surface area contributed by atoms with Crippen LogP contribution in [0.25, 0.3) is 22.0 Å². The Morgan fingerprint density at radius 2 is 1.79 bits per heavy atom. The van der Waals surface area contributed by atoms with Gasteiger partial charge in [-0.15, -0.1) is 0 Å². The second-order valence-corrected chi connectivity index (χ2v) is 4.84. The molecule has 0 unspecified atom stereocenters. The van der Waals surface area contributed by atoms with E-state index in [1.54, 1.807) is 0 Å². The van der Waals surface area contributed by atoms with Crippen LogP contribution in [0.5, 0.6) is 0 Å². The topological polar surface area (TPSA) is 25.2 Å². The zero-order chi connectivity index (χ0) is 13.2. The molecule has 0 fully saturated rings. The molecule has 2 aromatic carbocycles. The average molecular weight is 251 g/mol. The van der Waals surface area contributed by atoms with Gasteiger partial charge >= 0.3 is 0 Å².